The van der Waals surface area contributed by atoms with Gasteiger partial charge in [0.15, 0.2) is 5.11 Å². The summed E-state index contributed by atoms with van der Waals surface area (Å²) in [6, 6.07) is 9.51. The summed E-state index contributed by atoms with van der Waals surface area (Å²) in [7, 11) is 0. The first-order valence-electron chi connectivity index (χ1n) is 6.36. The molecule has 0 saturated carbocycles. The van der Waals surface area contributed by atoms with Crippen molar-refractivity contribution in [1.82, 2.24) is 5.32 Å². The quantitative estimate of drug-likeness (QED) is 0.464. The summed E-state index contributed by atoms with van der Waals surface area (Å²) in [6.07, 6.45) is 0. The van der Waals surface area contributed by atoms with Crippen LogP contribution >= 0.6 is 62.3 Å². The third-order valence-electron chi connectivity index (χ3n) is 2.85. The number of carbonyl (C=O) groups is 2. The smallest absolute Gasteiger partial charge is 0.258 e. The van der Waals surface area contributed by atoms with Crippen LogP contribution in [0.5, 0.6) is 0 Å². The van der Waals surface area contributed by atoms with Crippen LogP contribution in [0.15, 0.2) is 40.9 Å². The van der Waals surface area contributed by atoms with Crippen LogP contribution < -0.4 is 15.7 Å². The molecule has 0 atom stereocenters. The molecule has 0 bridgehead atoms. The number of carbonyl (C=O) groups excluding carboxylic acids is 2. The van der Waals surface area contributed by atoms with E-state index in [1.54, 1.807) is 24.3 Å². The van der Waals surface area contributed by atoms with Gasteiger partial charge in [0, 0.05) is 19.3 Å². The maximum absolute atomic E-state index is 12.2. The van der Waals surface area contributed by atoms with Gasteiger partial charge in [0.2, 0.25) is 0 Å². The molecular weight excluding hydrogens is 531 g/mol. The fourth-order valence-electron chi connectivity index (χ4n) is 1.79. The number of hydrogen-bond acceptors (Lipinski definition) is 4. The van der Waals surface area contributed by atoms with E-state index >= 15 is 0 Å². The van der Waals surface area contributed by atoms with E-state index in [0.717, 1.165) is 3.57 Å². The summed E-state index contributed by atoms with van der Waals surface area (Å²) < 4.78 is 1.42. The zero-order valence-electron chi connectivity index (χ0n) is 11.7. The monoisotopic (exact) mass is 537 g/mol. The largest absolute Gasteiger partial charge is 0.545 e. The Morgan fingerprint density at radius 1 is 1.17 bits per heavy atom. The Balaban J connectivity index is 2.15. The summed E-state index contributed by atoms with van der Waals surface area (Å²) >= 11 is 16.3. The Bertz CT molecular complexity index is 847. The Hall–Kier alpha value is -1.23. The molecule has 2 aromatic carbocycles. The molecule has 5 nitrogen and oxygen atoms in total. The standard InChI is InChI=1S/C15H9BrClIN2O3S/c16-7-1-3-11(17)9(5-7)13(21)20-15(24)19-12-4-2-8(18)6-10(12)14(22)23/h1-6H,(H,22,23)(H2,19,20,21,24)/p-1. The number of carboxylic acid groups (broad SMARTS) is 1. The van der Waals surface area contributed by atoms with E-state index in [4.69, 9.17) is 23.8 Å². The molecule has 0 spiro atoms. The SMILES string of the molecule is O=C(NC(=S)Nc1ccc(I)cc1C(=O)[O-])c1cc(Br)ccc1Cl. The molecule has 2 rings (SSSR count). The third-order valence-corrected chi connectivity index (χ3v) is 4.55. The number of nitrogens with one attached hydrogen (secondary N) is 2. The molecule has 9 heteroatoms. The molecular formula is C15H8BrClIN2O3S-. The number of amides is 1. The Morgan fingerprint density at radius 2 is 1.88 bits per heavy atom. The van der Waals surface area contributed by atoms with Gasteiger partial charge < -0.3 is 15.2 Å². The van der Waals surface area contributed by atoms with E-state index in [2.05, 4.69) is 26.6 Å². The summed E-state index contributed by atoms with van der Waals surface area (Å²) in [4.78, 5) is 23.4. The van der Waals surface area contributed by atoms with Crippen molar-refractivity contribution in [2.75, 3.05) is 5.32 Å². The van der Waals surface area contributed by atoms with E-state index in [1.165, 1.54) is 12.1 Å². The fourth-order valence-corrected chi connectivity index (χ4v) is 3.05. The number of carboxylic acids is 1. The number of rotatable bonds is 3. The van der Waals surface area contributed by atoms with Crippen molar-refractivity contribution in [2.45, 2.75) is 0 Å². The summed E-state index contributed by atoms with van der Waals surface area (Å²) in [5, 5.41) is 16.5. The Kier molecular flexibility index (Phi) is 6.55. The van der Waals surface area contributed by atoms with Crippen molar-refractivity contribution in [1.29, 1.82) is 0 Å². The highest BCUT2D eigenvalue weighted by Gasteiger charge is 2.13. The van der Waals surface area contributed by atoms with Crippen LogP contribution in [-0.2, 0) is 0 Å². The average Bonchev–Trinajstić information content (AvgIpc) is 2.51. The first-order chi connectivity index (χ1) is 11.3. The highest BCUT2D eigenvalue weighted by molar-refractivity contribution is 14.1. The minimum atomic E-state index is -1.35. The van der Waals surface area contributed by atoms with Gasteiger partial charge in [0.05, 0.1) is 16.6 Å². The summed E-state index contributed by atoms with van der Waals surface area (Å²) in [6.45, 7) is 0. The van der Waals surface area contributed by atoms with Gasteiger partial charge in [0.25, 0.3) is 5.91 Å². The Labute approximate surface area is 170 Å². The van der Waals surface area contributed by atoms with Crippen molar-refractivity contribution in [2.24, 2.45) is 0 Å². The highest BCUT2D eigenvalue weighted by Crippen LogP contribution is 2.21. The van der Waals surface area contributed by atoms with Crippen molar-refractivity contribution >= 4 is 85.0 Å². The predicted octanol–water partition coefficient (Wildman–Crippen LogP) is 3.20. The predicted molar refractivity (Wildman–Crippen MR) is 106 cm³/mol. The second-order valence-corrected chi connectivity index (χ2v) is 7.49. The van der Waals surface area contributed by atoms with Crippen molar-refractivity contribution < 1.29 is 14.7 Å². The van der Waals surface area contributed by atoms with Gasteiger partial charge in [-0.2, -0.15) is 0 Å². The molecule has 0 aromatic heterocycles. The van der Waals surface area contributed by atoms with Gasteiger partial charge in [-0.25, -0.2) is 0 Å². The molecule has 2 aromatic rings. The van der Waals surface area contributed by atoms with Gasteiger partial charge in [0.1, 0.15) is 0 Å². The number of hydrogen-bond donors (Lipinski definition) is 2. The molecule has 2 N–H and O–H groups in total. The van der Waals surface area contributed by atoms with E-state index in [1.807, 2.05) is 22.6 Å². The lowest BCUT2D eigenvalue weighted by Crippen LogP contribution is -2.35. The van der Waals surface area contributed by atoms with Gasteiger partial charge in [-0.05, 0) is 71.2 Å². The average molecular weight is 539 g/mol. The van der Waals surface area contributed by atoms with Crippen LogP contribution in [-0.4, -0.2) is 17.0 Å². The van der Waals surface area contributed by atoms with Crippen molar-refractivity contribution in [3.63, 3.8) is 0 Å². The number of anilines is 1. The van der Waals surface area contributed by atoms with E-state index in [0.29, 0.717) is 4.47 Å². The molecule has 124 valence electrons. The van der Waals surface area contributed by atoms with Gasteiger partial charge in [-0.1, -0.05) is 27.5 Å². The second kappa shape index (κ2) is 8.24. The number of aromatic carboxylic acids is 1. The molecule has 0 fully saturated rings. The van der Waals surface area contributed by atoms with Crippen molar-refractivity contribution in [3.8, 4) is 0 Å². The minimum absolute atomic E-state index is 0.0558. The lowest BCUT2D eigenvalue weighted by atomic mass is 10.2. The minimum Gasteiger partial charge on any atom is -0.545 e. The molecule has 0 heterocycles. The molecule has 0 aliphatic rings. The number of halogens is 3. The zero-order valence-corrected chi connectivity index (χ0v) is 17.0. The normalized spacial score (nSPS) is 10.1. The molecule has 24 heavy (non-hydrogen) atoms. The van der Waals surface area contributed by atoms with Crippen LogP contribution in [0.4, 0.5) is 5.69 Å². The molecule has 0 aliphatic carbocycles. The Morgan fingerprint density at radius 3 is 2.54 bits per heavy atom. The van der Waals surface area contributed by atoms with Crippen LogP contribution in [0, 0.1) is 3.57 Å². The van der Waals surface area contributed by atoms with Crippen LogP contribution in [0.2, 0.25) is 5.02 Å². The van der Waals surface area contributed by atoms with Gasteiger partial charge >= 0.3 is 0 Å². The maximum Gasteiger partial charge on any atom is 0.258 e. The molecule has 1 amide bonds. The number of benzene rings is 2. The fraction of sp³-hybridized carbons (Fsp3) is 0. The third kappa shape index (κ3) is 4.88. The van der Waals surface area contributed by atoms with E-state index in [-0.39, 0.29) is 26.9 Å². The van der Waals surface area contributed by atoms with Crippen LogP contribution in [0.3, 0.4) is 0 Å². The summed E-state index contributed by atoms with van der Waals surface area (Å²) in [5.41, 5.74) is 0.401. The first kappa shape index (κ1) is 19.1. The van der Waals surface area contributed by atoms with E-state index in [9.17, 15) is 14.7 Å². The summed E-state index contributed by atoms with van der Waals surface area (Å²) in [5.74, 6) is -1.86. The lowest BCUT2D eigenvalue weighted by Gasteiger charge is -2.15. The molecule has 0 radical (unpaired) electrons. The first-order valence-corrected chi connectivity index (χ1v) is 9.02. The van der Waals surface area contributed by atoms with Crippen LogP contribution in [0.1, 0.15) is 20.7 Å². The van der Waals surface area contributed by atoms with Crippen LogP contribution in [0.25, 0.3) is 0 Å². The maximum atomic E-state index is 12.2. The zero-order chi connectivity index (χ0) is 17.9. The highest BCUT2D eigenvalue weighted by atomic mass is 127. The van der Waals surface area contributed by atoms with Crippen molar-refractivity contribution in [3.05, 3.63) is 60.6 Å². The van der Waals surface area contributed by atoms with Gasteiger partial charge in [-0.15, -0.1) is 0 Å². The topological polar surface area (TPSA) is 81.3 Å². The lowest BCUT2D eigenvalue weighted by molar-refractivity contribution is -0.254. The molecule has 0 unspecified atom stereocenters. The molecule has 0 aliphatic heterocycles. The van der Waals surface area contributed by atoms with Gasteiger partial charge in [-0.3, -0.25) is 10.1 Å². The number of thiocarbonyl (C=S) groups is 1. The molecule has 0 saturated heterocycles. The second-order valence-electron chi connectivity index (χ2n) is 4.51. The van der Waals surface area contributed by atoms with E-state index < -0.39 is 11.9 Å².